The number of hydrogen-bond donors (Lipinski definition) is 0. The van der Waals surface area contributed by atoms with E-state index in [-0.39, 0.29) is 23.4 Å². The summed E-state index contributed by atoms with van der Waals surface area (Å²) >= 11 is 0. The molecule has 44 heavy (non-hydrogen) atoms. The van der Waals surface area contributed by atoms with E-state index < -0.39 is 0 Å². The molecule has 10 nitrogen and oxygen atoms in total. The van der Waals surface area contributed by atoms with Crippen molar-refractivity contribution in [2.45, 2.75) is 104 Å². The van der Waals surface area contributed by atoms with Crippen LogP contribution in [0, 0.1) is 0 Å². The molecular formula is C34H42N8O2. The molecule has 0 unspecified atom stereocenters. The third-order valence-electron chi connectivity index (χ3n) is 7.75. The molecule has 0 spiro atoms. The molecule has 3 aromatic heterocycles. The molecule has 0 saturated heterocycles. The van der Waals surface area contributed by atoms with E-state index in [1.807, 2.05) is 24.3 Å². The summed E-state index contributed by atoms with van der Waals surface area (Å²) in [6.45, 7) is 4.49. The minimum absolute atomic E-state index is 0.118. The lowest BCUT2D eigenvalue weighted by atomic mass is 10.0. The second-order valence-corrected chi connectivity index (χ2v) is 11.3. The Labute approximate surface area is 259 Å². The van der Waals surface area contributed by atoms with Gasteiger partial charge in [-0.3, -0.25) is 0 Å². The Balaban J connectivity index is 1.13. The molecular weight excluding hydrogens is 552 g/mol. The second-order valence-electron chi connectivity index (χ2n) is 11.3. The summed E-state index contributed by atoms with van der Waals surface area (Å²) in [5.41, 5.74) is 4.28. The van der Waals surface area contributed by atoms with Gasteiger partial charge in [-0.25, -0.2) is 0 Å². The molecule has 10 heteroatoms. The van der Waals surface area contributed by atoms with Crippen molar-refractivity contribution in [3.63, 3.8) is 0 Å². The molecule has 0 saturated carbocycles. The summed E-state index contributed by atoms with van der Waals surface area (Å²) < 4.78 is 11.6. The fourth-order valence-corrected chi connectivity index (χ4v) is 5.11. The van der Waals surface area contributed by atoms with Gasteiger partial charge in [-0.15, -0.1) is 40.8 Å². The van der Waals surface area contributed by atoms with Gasteiger partial charge < -0.3 is 8.83 Å². The third-order valence-corrected chi connectivity index (χ3v) is 7.75. The predicted octanol–water partition coefficient (Wildman–Crippen LogP) is 8.51. The number of aryl methyl sites for hydroxylation is 2. The monoisotopic (exact) mass is 594 g/mol. The van der Waals surface area contributed by atoms with Crippen LogP contribution < -0.4 is 0 Å². The molecule has 0 N–H and O–H groups in total. The van der Waals surface area contributed by atoms with Crippen LogP contribution in [0.1, 0.15) is 102 Å². The number of rotatable bonds is 18. The van der Waals surface area contributed by atoms with Gasteiger partial charge in [-0.05, 0) is 61.1 Å². The summed E-state index contributed by atoms with van der Waals surface area (Å²) in [7, 11) is 0. The Kier molecular flexibility index (Phi) is 11.7. The van der Waals surface area contributed by atoms with Crippen LogP contribution >= 0.6 is 0 Å². The molecule has 5 rings (SSSR count). The lowest BCUT2D eigenvalue weighted by Gasteiger charge is -2.03. The minimum Gasteiger partial charge on any atom is -0.413 e. The van der Waals surface area contributed by atoms with E-state index in [0.29, 0.717) is 11.8 Å². The summed E-state index contributed by atoms with van der Waals surface area (Å²) in [6, 6.07) is 16.5. The predicted molar refractivity (Wildman–Crippen MR) is 169 cm³/mol. The molecule has 2 aromatic carbocycles. The Bertz CT molecular complexity index is 1410. The molecule has 0 atom stereocenters. The van der Waals surface area contributed by atoms with Gasteiger partial charge in [-0.1, -0.05) is 102 Å². The summed E-state index contributed by atoms with van der Waals surface area (Å²) in [5.74, 6) is 1.28. The average Bonchev–Trinajstić information content (AvgIpc) is 3.76. The molecule has 0 aliphatic heterocycles. The Hall–Kier alpha value is -4.34. The van der Waals surface area contributed by atoms with Crippen molar-refractivity contribution < 1.29 is 8.83 Å². The standard InChI is InChI=1S/C34H42N8O2/c1-3-5-7-9-11-13-15-25-17-21-27(22-18-25)31-39-41-33(43-31)29-35-37-30(38-36-29)34-42-40-32(44-34)28-23-19-26(20-24-28)16-14-12-10-8-6-4-2/h17-24H,3-16H2,1-2H3. The Morgan fingerprint density at radius 2 is 0.727 bits per heavy atom. The first-order valence-corrected chi connectivity index (χ1v) is 16.2. The number of aromatic nitrogens is 8. The zero-order chi connectivity index (χ0) is 30.4. The zero-order valence-electron chi connectivity index (χ0n) is 25.9. The van der Waals surface area contributed by atoms with Gasteiger partial charge in [0.1, 0.15) is 0 Å². The molecule has 5 aromatic rings. The highest BCUT2D eigenvalue weighted by atomic mass is 16.4. The fourth-order valence-electron chi connectivity index (χ4n) is 5.11. The first-order valence-electron chi connectivity index (χ1n) is 16.2. The van der Waals surface area contributed by atoms with E-state index in [4.69, 9.17) is 8.83 Å². The number of benzene rings is 2. The van der Waals surface area contributed by atoms with Crippen LogP contribution in [-0.4, -0.2) is 40.8 Å². The SMILES string of the molecule is CCCCCCCCc1ccc(-c2nnc(-c3nnc(-c4nnc(-c5ccc(CCCCCCCC)cc5)o4)nn3)o2)cc1. The van der Waals surface area contributed by atoms with Gasteiger partial charge in [0.25, 0.3) is 23.4 Å². The van der Waals surface area contributed by atoms with Crippen molar-refractivity contribution in [2.75, 3.05) is 0 Å². The van der Waals surface area contributed by atoms with Crippen molar-refractivity contribution in [1.29, 1.82) is 0 Å². The highest BCUT2D eigenvalue weighted by Crippen LogP contribution is 2.25. The average molecular weight is 595 g/mol. The van der Waals surface area contributed by atoms with Gasteiger partial charge in [0, 0.05) is 11.1 Å². The van der Waals surface area contributed by atoms with Crippen molar-refractivity contribution in [1.82, 2.24) is 40.8 Å². The third kappa shape index (κ3) is 8.84. The number of hydrogen-bond acceptors (Lipinski definition) is 10. The maximum Gasteiger partial charge on any atom is 0.289 e. The van der Waals surface area contributed by atoms with Crippen LogP contribution in [0.2, 0.25) is 0 Å². The van der Waals surface area contributed by atoms with E-state index in [9.17, 15) is 0 Å². The summed E-state index contributed by atoms with van der Waals surface area (Å²) in [4.78, 5) is 0. The first kappa shape index (κ1) is 31.1. The molecule has 0 radical (unpaired) electrons. The van der Waals surface area contributed by atoms with E-state index in [0.717, 1.165) is 24.0 Å². The maximum atomic E-state index is 5.82. The van der Waals surface area contributed by atoms with Crippen LogP contribution in [0.25, 0.3) is 46.3 Å². The first-order chi connectivity index (χ1) is 21.7. The van der Waals surface area contributed by atoms with E-state index in [2.05, 4.69) is 78.9 Å². The lowest BCUT2D eigenvalue weighted by molar-refractivity contribution is 0.566. The normalized spacial score (nSPS) is 11.3. The minimum atomic E-state index is 0.118. The lowest BCUT2D eigenvalue weighted by Crippen LogP contribution is -1.99. The van der Waals surface area contributed by atoms with Crippen LogP contribution in [0.3, 0.4) is 0 Å². The van der Waals surface area contributed by atoms with Gasteiger partial charge in [0.05, 0.1) is 0 Å². The van der Waals surface area contributed by atoms with Crippen LogP contribution in [-0.2, 0) is 12.8 Å². The van der Waals surface area contributed by atoms with Crippen molar-refractivity contribution in [2.24, 2.45) is 0 Å². The van der Waals surface area contributed by atoms with Crippen molar-refractivity contribution in [3.8, 4) is 46.3 Å². The molecule has 0 aliphatic rings. The maximum absolute atomic E-state index is 5.82. The second kappa shape index (κ2) is 16.5. The molecule has 0 bridgehead atoms. The van der Waals surface area contributed by atoms with E-state index in [1.165, 1.54) is 88.2 Å². The van der Waals surface area contributed by atoms with Crippen LogP contribution in [0.15, 0.2) is 57.4 Å². The van der Waals surface area contributed by atoms with Crippen LogP contribution in [0.4, 0.5) is 0 Å². The van der Waals surface area contributed by atoms with Gasteiger partial charge >= 0.3 is 0 Å². The Morgan fingerprint density at radius 3 is 1.11 bits per heavy atom. The highest BCUT2D eigenvalue weighted by molar-refractivity contribution is 5.56. The van der Waals surface area contributed by atoms with E-state index >= 15 is 0 Å². The smallest absolute Gasteiger partial charge is 0.289 e. The van der Waals surface area contributed by atoms with Gasteiger partial charge in [-0.2, -0.15) is 0 Å². The number of unbranched alkanes of at least 4 members (excludes halogenated alkanes) is 10. The highest BCUT2D eigenvalue weighted by Gasteiger charge is 2.18. The summed E-state index contributed by atoms with van der Waals surface area (Å²) in [6.07, 6.45) is 17.6. The molecule has 0 aliphatic carbocycles. The van der Waals surface area contributed by atoms with Crippen molar-refractivity contribution >= 4 is 0 Å². The number of nitrogens with zero attached hydrogens (tertiary/aromatic N) is 8. The Morgan fingerprint density at radius 1 is 0.386 bits per heavy atom. The molecule has 3 heterocycles. The van der Waals surface area contributed by atoms with Gasteiger partial charge in [0.15, 0.2) is 0 Å². The molecule has 230 valence electrons. The van der Waals surface area contributed by atoms with Gasteiger partial charge in [0.2, 0.25) is 11.8 Å². The van der Waals surface area contributed by atoms with Crippen molar-refractivity contribution in [3.05, 3.63) is 59.7 Å². The van der Waals surface area contributed by atoms with Crippen LogP contribution in [0.5, 0.6) is 0 Å². The zero-order valence-corrected chi connectivity index (χ0v) is 25.9. The van der Waals surface area contributed by atoms with E-state index in [1.54, 1.807) is 0 Å². The largest absolute Gasteiger partial charge is 0.413 e. The topological polar surface area (TPSA) is 129 Å². The molecule has 0 fully saturated rings. The summed E-state index contributed by atoms with van der Waals surface area (Å²) in [5, 5.41) is 32.9. The molecule has 0 amide bonds. The quantitative estimate of drug-likeness (QED) is 0.0910. The fraction of sp³-hybridized carbons (Fsp3) is 0.471.